The Kier molecular flexibility index (Phi) is 5.50. The van der Waals surface area contributed by atoms with Crippen molar-refractivity contribution in [1.29, 1.82) is 0 Å². The molecule has 0 spiro atoms. The number of anilines is 1. The number of aromatic nitrogens is 1. The second-order valence-electron chi connectivity index (χ2n) is 7.53. The molecule has 1 saturated heterocycles. The Hall–Kier alpha value is -3.08. The lowest BCUT2D eigenvalue weighted by molar-refractivity contribution is -0.384. The van der Waals surface area contributed by atoms with Crippen LogP contribution in [0.4, 0.5) is 10.8 Å². The van der Waals surface area contributed by atoms with Gasteiger partial charge >= 0.3 is 5.97 Å². The molecule has 32 heavy (non-hydrogen) atoms. The molecule has 0 saturated carbocycles. The quantitative estimate of drug-likeness (QED) is 0.180. The first-order valence-electron chi connectivity index (χ1n) is 10.3. The van der Waals surface area contributed by atoms with E-state index in [0.29, 0.717) is 16.0 Å². The summed E-state index contributed by atoms with van der Waals surface area (Å²) < 4.78 is 7.36. The number of non-ortho nitro benzene ring substituents is 1. The van der Waals surface area contributed by atoms with Gasteiger partial charge < -0.3 is 14.5 Å². The van der Waals surface area contributed by atoms with Crippen LogP contribution in [0.2, 0.25) is 0 Å². The third-order valence-electron chi connectivity index (χ3n) is 5.56. The molecule has 0 atom stereocenters. The highest BCUT2D eigenvalue weighted by Gasteiger charge is 2.20. The number of nitrogens with zero attached hydrogens (tertiary/aromatic N) is 4. The van der Waals surface area contributed by atoms with Crippen LogP contribution in [0.1, 0.15) is 16.6 Å². The van der Waals surface area contributed by atoms with Gasteiger partial charge in [-0.2, -0.15) is 0 Å². The van der Waals surface area contributed by atoms with E-state index in [1.165, 1.54) is 23.5 Å². The van der Waals surface area contributed by atoms with Gasteiger partial charge in [-0.1, -0.05) is 18.3 Å². The zero-order valence-corrected chi connectivity index (χ0v) is 18.9. The standard InChI is InChI=1S/C22H20N4O4S2/c1-2-24-7-9-25(10-8-24)22-23-17-5-4-16(13-19(17)32-22)30-21(27)20-12-14-11-15(26(28)29)3-6-18(14)31-20/h3-6,11-13H,2,7-10H2,1H3. The fourth-order valence-corrected chi connectivity index (χ4v) is 5.71. The second kappa shape index (κ2) is 8.45. The summed E-state index contributed by atoms with van der Waals surface area (Å²) in [6.07, 6.45) is 0. The van der Waals surface area contributed by atoms with Crippen LogP contribution in [-0.4, -0.2) is 53.5 Å². The predicted octanol–water partition coefficient (Wildman–Crippen LogP) is 4.78. The highest BCUT2D eigenvalue weighted by atomic mass is 32.1. The average molecular weight is 469 g/mol. The Morgan fingerprint density at radius 2 is 1.91 bits per heavy atom. The van der Waals surface area contributed by atoms with Crippen LogP contribution in [-0.2, 0) is 0 Å². The summed E-state index contributed by atoms with van der Waals surface area (Å²) in [7, 11) is 0. The topological polar surface area (TPSA) is 88.8 Å². The maximum Gasteiger partial charge on any atom is 0.353 e. The number of carbonyl (C=O) groups excluding carboxylic acids is 1. The maximum atomic E-state index is 12.7. The number of piperazine rings is 1. The van der Waals surface area contributed by atoms with Gasteiger partial charge in [0, 0.05) is 54.5 Å². The molecule has 164 valence electrons. The molecule has 2 aromatic carbocycles. The van der Waals surface area contributed by atoms with Gasteiger partial charge in [0.15, 0.2) is 5.13 Å². The zero-order valence-electron chi connectivity index (χ0n) is 17.3. The second-order valence-corrected chi connectivity index (χ2v) is 9.62. The summed E-state index contributed by atoms with van der Waals surface area (Å²) in [6, 6.07) is 11.6. The maximum absolute atomic E-state index is 12.7. The molecule has 1 fully saturated rings. The molecule has 4 aromatic rings. The molecule has 0 aliphatic carbocycles. The lowest BCUT2D eigenvalue weighted by Gasteiger charge is -2.33. The number of nitro benzene ring substituents is 1. The number of benzene rings is 2. The van der Waals surface area contributed by atoms with Gasteiger partial charge in [-0.15, -0.1) is 11.3 Å². The van der Waals surface area contributed by atoms with Gasteiger partial charge in [0.1, 0.15) is 10.6 Å². The Morgan fingerprint density at radius 1 is 1.09 bits per heavy atom. The van der Waals surface area contributed by atoms with Crippen LogP contribution in [0.5, 0.6) is 5.75 Å². The number of ether oxygens (including phenoxy) is 1. The van der Waals surface area contributed by atoms with E-state index in [1.54, 1.807) is 29.5 Å². The van der Waals surface area contributed by atoms with Crippen molar-refractivity contribution in [3.8, 4) is 5.75 Å². The predicted molar refractivity (Wildman–Crippen MR) is 127 cm³/mol. The van der Waals surface area contributed by atoms with E-state index < -0.39 is 10.9 Å². The minimum atomic E-state index is -0.478. The normalized spacial score (nSPS) is 14.8. The molecular formula is C22H20N4O4S2. The van der Waals surface area contributed by atoms with Gasteiger partial charge in [0.2, 0.25) is 0 Å². The lowest BCUT2D eigenvalue weighted by atomic mass is 10.2. The lowest BCUT2D eigenvalue weighted by Crippen LogP contribution is -2.46. The number of thiophene rings is 1. The number of carbonyl (C=O) groups is 1. The third-order valence-corrected chi connectivity index (χ3v) is 7.74. The summed E-state index contributed by atoms with van der Waals surface area (Å²) in [5.74, 6) is -0.0226. The number of hydrogen-bond donors (Lipinski definition) is 0. The third kappa shape index (κ3) is 4.04. The molecule has 0 amide bonds. The summed E-state index contributed by atoms with van der Waals surface area (Å²) in [4.78, 5) is 33.1. The molecule has 0 unspecified atom stereocenters. The van der Waals surface area contributed by atoms with E-state index in [0.717, 1.165) is 52.8 Å². The number of hydrogen-bond acceptors (Lipinski definition) is 9. The molecule has 1 aliphatic heterocycles. The SMILES string of the molecule is CCN1CCN(c2nc3ccc(OC(=O)c4cc5cc([N+](=O)[O-])ccc5s4)cc3s2)CC1. The minimum Gasteiger partial charge on any atom is -0.422 e. The van der Waals surface area contributed by atoms with Gasteiger partial charge in [0.25, 0.3) is 5.69 Å². The monoisotopic (exact) mass is 468 g/mol. The van der Waals surface area contributed by atoms with Crippen molar-refractivity contribution in [2.24, 2.45) is 0 Å². The molecule has 8 nitrogen and oxygen atoms in total. The van der Waals surface area contributed by atoms with E-state index in [-0.39, 0.29) is 5.69 Å². The van der Waals surface area contributed by atoms with Crippen LogP contribution in [0, 0.1) is 10.1 Å². The summed E-state index contributed by atoms with van der Waals surface area (Å²) in [6.45, 7) is 7.23. The van der Waals surface area contributed by atoms with Crippen LogP contribution in [0.25, 0.3) is 20.3 Å². The largest absolute Gasteiger partial charge is 0.422 e. The fourth-order valence-electron chi connectivity index (χ4n) is 3.75. The van der Waals surface area contributed by atoms with Crippen LogP contribution in [0.3, 0.4) is 0 Å². The number of nitro groups is 1. The number of likely N-dealkylation sites (N-methyl/N-ethyl adjacent to an activating group) is 1. The highest BCUT2D eigenvalue weighted by Crippen LogP contribution is 2.33. The number of fused-ring (bicyclic) bond motifs is 2. The van der Waals surface area contributed by atoms with E-state index in [4.69, 9.17) is 9.72 Å². The van der Waals surface area contributed by atoms with Crippen molar-refractivity contribution in [2.75, 3.05) is 37.6 Å². The van der Waals surface area contributed by atoms with Crippen molar-refractivity contribution in [3.05, 3.63) is 57.5 Å². The van der Waals surface area contributed by atoms with Crippen molar-refractivity contribution < 1.29 is 14.5 Å². The summed E-state index contributed by atoms with van der Waals surface area (Å²) in [5.41, 5.74) is 0.884. The van der Waals surface area contributed by atoms with Crippen LogP contribution < -0.4 is 9.64 Å². The molecule has 2 aromatic heterocycles. The number of thiazole rings is 1. The molecular weight excluding hydrogens is 448 g/mol. The fraction of sp³-hybridized carbons (Fsp3) is 0.273. The van der Waals surface area contributed by atoms with E-state index in [2.05, 4.69) is 16.7 Å². The molecule has 0 N–H and O–H groups in total. The Balaban J connectivity index is 1.33. The summed E-state index contributed by atoms with van der Waals surface area (Å²) >= 11 is 2.86. The van der Waals surface area contributed by atoms with Crippen molar-refractivity contribution in [1.82, 2.24) is 9.88 Å². The molecule has 3 heterocycles. The molecule has 1 aliphatic rings. The van der Waals surface area contributed by atoms with E-state index >= 15 is 0 Å². The average Bonchev–Trinajstić information content (AvgIpc) is 3.42. The van der Waals surface area contributed by atoms with E-state index in [9.17, 15) is 14.9 Å². The zero-order chi connectivity index (χ0) is 22.2. The van der Waals surface area contributed by atoms with Crippen molar-refractivity contribution in [2.45, 2.75) is 6.92 Å². The number of rotatable bonds is 5. The molecule has 0 radical (unpaired) electrons. The van der Waals surface area contributed by atoms with Gasteiger partial charge in [-0.25, -0.2) is 9.78 Å². The first-order valence-corrected chi connectivity index (χ1v) is 11.9. The first kappa shape index (κ1) is 20.8. The smallest absolute Gasteiger partial charge is 0.353 e. The highest BCUT2D eigenvalue weighted by molar-refractivity contribution is 7.22. The number of esters is 1. The molecule has 5 rings (SSSR count). The molecule has 0 bridgehead atoms. The Bertz CT molecular complexity index is 1320. The van der Waals surface area contributed by atoms with Crippen LogP contribution >= 0.6 is 22.7 Å². The molecule has 10 heteroatoms. The minimum absolute atomic E-state index is 0.00206. The Morgan fingerprint density at radius 3 is 2.66 bits per heavy atom. The van der Waals surface area contributed by atoms with Crippen molar-refractivity contribution in [3.63, 3.8) is 0 Å². The summed E-state index contributed by atoms with van der Waals surface area (Å²) in [5, 5.41) is 12.6. The van der Waals surface area contributed by atoms with Gasteiger partial charge in [-0.05, 0) is 30.8 Å². The van der Waals surface area contributed by atoms with Crippen LogP contribution in [0.15, 0.2) is 42.5 Å². The first-order chi connectivity index (χ1) is 15.5. The van der Waals surface area contributed by atoms with E-state index in [1.807, 2.05) is 12.1 Å². The van der Waals surface area contributed by atoms with Gasteiger partial charge in [0.05, 0.1) is 15.1 Å². The van der Waals surface area contributed by atoms with Crippen molar-refractivity contribution >= 4 is 59.8 Å². The van der Waals surface area contributed by atoms with Gasteiger partial charge in [-0.3, -0.25) is 10.1 Å². The Labute approximate surface area is 191 Å².